The Balaban J connectivity index is 1.41. The molecule has 5 rings (SSSR count). The second kappa shape index (κ2) is 7.59. The monoisotopic (exact) mass is 399 g/mol. The van der Waals surface area contributed by atoms with E-state index < -0.39 is 0 Å². The number of hydrogen-bond donors (Lipinski definition) is 0. The van der Waals surface area contributed by atoms with Gasteiger partial charge in [-0.05, 0) is 51.0 Å². The van der Waals surface area contributed by atoms with Crippen molar-refractivity contribution < 1.29 is 18.5 Å². The fourth-order valence-corrected chi connectivity index (χ4v) is 4.96. The van der Waals surface area contributed by atoms with Crippen molar-refractivity contribution in [3.63, 3.8) is 0 Å². The van der Waals surface area contributed by atoms with Gasteiger partial charge >= 0.3 is 0 Å². The second-order valence-corrected chi connectivity index (χ2v) is 8.99. The number of carbonyl (C=O) groups is 1. The van der Waals surface area contributed by atoms with E-state index in [2.05, 4.69) is 5.16 Å². The Morgan fingerprint density at radius 2 is 2.10 bits per heavy atom. The van der Waals surface area contributed by atoms with Gasteiger partial charge in [0, 0.05) is 32.2 Å². The minimum atomic E-state index is -0.209. The van der Waals surface area contributed by atoms with E-state index in [-0.39, 0.29) is 17.2 Å². The first-order chi connectivity index (χ1) is 14.1. The molecule has 1 amide bonds. The zero-order valence-electron chi connectivity index (χ0n) is 17.1. The number of furan rings is 1. The van der Waals surface area contributed by atoms with Crippen LogP contribution in [-0.4, -0.2) is 47.3 Å². The van der Waals surface area contributed by atoms with Crippen LogP contribution >= 0.6 is 0 Å². The Hall–Kier alpha value is -2.15. The fraction of sp³-hybridized carbons (Fsp3) is 0.682. The van der Waals surface area contributed by atoms with Crippen molar-refractivity contribution in [3.05, 3.63) is 35.4 Å². The lowest BCUT2D eigenvalue weighted by molar-refractivity contribution is 0.0605. The maximum absolute atomic E-state index is 13.1. The van der Waals surface area contributed by atoms with Crippen LogP contribution in [-0.2, 0) is 10.2 Å². The number of rotatable bonds is 5. The number of hydrogen-bond acceptors (Lipinski definition) is 6. The third kappa shape index (κ3) is 3.72. The van der Waals surface area contributed by atoms with Crippen LogP contribution in [0.2, 0.25) is 0 Å². The largest absolute Gasteiger partial charge is 0.469 e. The van der Waals surface area contributed by atoms with Crippen LogP contribution in [0.3, 0.4) is 0 Å². The van der Waals surface area contributed by atoms with Crippen molar-refractivity contribution in [2.75, 3.05) is 26.3 Å². The number of nitrogens with zero attached hydrogens (tertiary/aromatic N) is 3. The maximum atomic E-state index is 13.1. The molecule has 0 aromatic carbocycles. The summed E-state index contributed by atoms with van der Waals surface area (Å²) >= 11 is 0. The van der Waals surface area contributed by atoms with Gasteiger partial charge in [-0.1, -0.05) is 18.0 Å². The first-order valence-electron chi connectivity index (χ1n) is 10.9. The number of ether oxygens (including phenoxy) is 1. The number of piperidine rings is 1. The quantitative estimate of drug-likeness (QED) is 0.760. The van der Waals surface area contributed by atoms with E-state index >= 15 is 0 Å². The normalized spacial score (nSPS) is 26.0. The summed E-state index contributed by atoms with van der Waals surface area (Å²) in [6.45, 7) is 4.76. The van der Waals surface area contributed by atoms with Crippen molar-refractivity contribution in [1.29, 1.82) is 0 Å². The topological polar surface area (TPSA) is 81.6 Å². The number of carbonyl (C=O) groups excluding carboxylic acids is 1. The maximum Gasteiger partial charge on any atom is 0.257 e. The molecule has 1 aliphatic carbocycles. The molecular formula is C22H29N3O4. The molecule has 1 unspecified atom stereocenters. The van der Waals surface area contributed by atoms with Crippen LogP contribution in [0.1, 0.15) is 78.7 Å². The van der Waals surface area contributed by atoms with Gasteiger partial charge in [0.25, 0.3) is 5.91 Å². The van der Waals surface area contributed by atoms with E-state index in [9.17, 15) is 4.79 Å². The van der Waals surface area contributed by atoms with Gasteiger partial charge in [-0.2, -0.15) is 4.98 Å². The zero-order valence-corrected chi connectivity index (χ0v) is 17.1. The minimum absolute atomic E-state index is 0.0456. The molecule has 4 heterocycles. The van der Waals surface area contributed by atoms with Gasteiger partial charge in [0.05, 0.1) is 17.2 Å². The van der Waals surface area contributed by atoms with E-state index in [0.717, 1.165) is 63.6 Å². The Kier molecular flexibility index (Phi) is 4.94. The van der Waals surface area contributed by atoms with E-state index in [0.29, 0.717) is 23.8 Å². The third-order valence-electron chi connectivity index (χ3n) is 6.82. The molecule has 29 heavy (non-hydrogen) atoms. The number of amides is 1. The molecule has 1 saturated carbocycles. The SMILES string of the molecule is Cc1occc1C(=O)N1CCCC(CC2CC2)(c2noc(C3CCOCC3)n2)C1. The number of aryl methyl sites for hydroxylation is 1. The fourth-order valence-electron chi connectivity index (χ4n) is 4.96. The van der Waals surface area contributed by atoms with Crippen LogP contribution < -0.4 is 0 Å². The van der Waals surface area contributed by atoms with E-state index in [1.807, 2.05) is 11.8 Å². The molecule has 0 spiro atoms. The molecule has 2 aromatic heterocycles. The van der Waals surface area contributed by atoms with Crippen molar-refractivity contribution in [3.8, 4) is 0 Å². The highest BCUT2D eigenvalue weighted by molar-refractivity contribution is 5.95. The molecule has 7 heteroatoms. The average Bonchev–Trinajstić information content (AvgIpc) is 3.24. The second-order valence-electron chi connectivity index (χ2n) is 8.99. The molecule has 7 nitrogen and oxygen atoms in total. The first-order valence-corrected chi connectivity index (χ1v) is 10.9. The molecule has 1 atom stereocenters. The smallest absolute Gasteiger partial charge is 0.257 e. The summed E-state index contributed by atoms with van der Waals surface area (Å²) in [7, 11) is 0. The molecule has 2 saturated heterocycles. The Bertz CT molecular complexity index is 865. The summed E-state index contributed by atoms with van der Waals surface area (Å²) in [5.41, 5.74) is 0.447. The van der Waals surface area contributed by atoms with Crippen LogP contribution in [0, 0.1) is 12.8 Å². The van der Waals surface area contributed by atoms with E-state index in [1.54, 1.807) is 12.3 Å². The van der Waals surface area contributed by atoms with Crippen molar-refractivity contribution in [2.45, 2.75) is 63.2 Å². The molecule has 3 aliphatic rings. The average molecular weight is 399 g/mol. The molecule has 2 aliphatic heterocycles. The Labute approximate surface area is 170 Å². The highest BCUT2D eigenvalue weighted by Gasteiger charge is 2.46. The predicted octanol–water partition coefficient (Wildman–Crippen LogP) is 3.84. The molecule has 0 bridgehead atoms. The lowest BCUT2D eigenvalue weighted by atomic mass is 9.74. The number of likely N-dealkylation sites (tertiary alicyclic amines) is 1. The van der Waals surface area contributed by atoms with Crippen molar-refractivity contribution >= 4 is 5.91 Å². The standard InChI is InChI=1S/C22H29N3O4/c1-15-18(7-12-28-15)20(26)25-9-2-8-22(14-25,13-16-3-4-16)21-23-19(29-24-21)17-5-10-27-11-6-17/h7,12,16-17H,2-6,8-11,13-14H2,1H3. The van der Waals surface area contributed by atoms with Crippen molar-refractivity contribution in [2.24, 2.45) is 5.92 Å². The molecule has 156 valence electrons. The number of aromatic nitrogens is 2. The van der Waals surface area contributed by atoms with E-state index in [4.69, 9.17) is 18.7 Å². The van der Waals surface area contributed by atoms with Crippen LogP contribution in [0.15, 0.2) is 21.3 Å². The molecule has 0 N–H and O–H groups in total. The highest BCUT2D eigenvalue weighted by Crippen LogP contribution is 2.46. The molecule has 2 aromatic rings. The van der Waals surface area contributed by atoms with Gasteiger partial charge in [-0.15, -0.1) is 0 Å². The lowest BCUT2D eigenvalue weighted by Crippen LogP contribution is -2.49. The van der Waals surface area contributed by atoms with Crippen LogP contribution in [0.4, 0.5) is 0 Å². The zero-order chi connectivity index (χ0) is 19.8. The highest BCUT2D eigenvalue weighted by atomic mass is 16.5. The van der Waals surface area contributed by atoms with Gasteiger partial charge in [0.1, 0.15) is 5.76 Å². The Morgan fingerprint density at radius 3 is 2.83 bits per heavy atom. The van der Waals surface area contributed by atoms with Crippen LogP contribution in [0.25, 0.3) is 0 Å². The van der Waals surface area contributed by atoms with Gasteiger partial charge in [-0.3, -0.25) is 4.79 Å². The summed E-state index contributed by atoms with van der Waals surface area (Å²) in [4.78, 5) is 20.0. The Morgan fingerprint density at radius 1 is 1.28 bits per heavy atom. The molecule has 3 fully saturated rings. The summed E-state index contributed by atoms with van der Waals surface area (Å²) in [6.07, 6.45) is 8.98. The lowest BCUT2D eigenvalue weighted by Gasteiger charge is -2.41. The molecule has 0 radical (unpaired) electrons. The van der Waals surface area contributed by atoms with Gasteiger partial charge < -0.3 is 18.6 Å². The minimum Gasteiger partial charge on any atom is -0.469 e. The first kappa shape index (κ1) is 18.9. The van der Waals surface area contributed by atoms with E-state index in [1.165, 1.54) is 12.8 Å². The molecular weight excluding hydrogens is 370 g/mol. The predicted molar refractivity (Wildman–Crippen MR) is 105 cm³/mol. The third-order valence-corrected chi connectivity index (χ3v) is 6.82. The van der Waals surface area contributed by atoms with Crippen LogP contribution in [0.5, 0.6) is 0 Å². The summed E-state index contributed by atoms with van der Waals surface area (Å²) < 4.78 is 16.6. The summed E-state index contributed by atoms with van der Waals surface area (Å²) in [5, 5.41) is 4.46. The van der Waals surface area contributed by atoms with Gasteiger partial charge in [0.15, 0.2) is 5.82 Å². The summed E-state index contributed by atoms with van der Waals surface area (Å²) in [5.74, 6) is 3.27. The van der Waals surface area contributed by atoms with Gasteiger partial charge in [-0.25, -0.2) is 0 Å². The summed E-state index contributed by atoms with van der Waals surface area (Å²) in [6, 6.07) is 1.77. The van der Waals surface area contributed by atoms with Crippen molar-refractivity contribution in [1.82, 2.24) is 15.0 Å². The van der Waals surface area contributed by atoms with Gasteiger partial charge in [0.2, 0.25) is 5.89 Å².